The molecule has 1 heterocycles. The van der Waals surface area contributed by atoms with E-state index < -0.39 is 11.7 Å². The summed E-state index contributed by atoms with van der Waals surface area (Å²) in [6.07, 6.45) is -3.20. The Kier molecular flexibility index (Phi) is 8.41. The molecule has 0 bridgehead atoms. The van der Waals surface area contributed by atoms with Crippen LogP contribution in [0.2, 0.25) is 0 Å². The topological polar surface area (TPSA) is 61.6 Å². The van der Waals surface area contributed by atoms with Gasteiger partial charge < -0.3 is 14.6 Å². The number of carbonyl (C=O) groups is 1. The van der Waals surface area contributed by atoms with E-state index in [0.717, 1.165) is 17.7 Å². The van der Waals surface area contributed by atoms with Gasteiger partial charge in [0.25, 0.3) is 5.91 Å². The molecule has 1 N–H and O–H groups in total. The van der Waals surface area contributed by atoms with Crippen molar-refractivity contribution in [3.05, 3.63) is 88.9 Å². The van der Waals surface area contributed by atoms with Gasteiger partial charge in [0.1, 0.15) is 12.1 Å². The van der Waals surface area contributed by atoms with Crippen molar-refractivity contribution in [1.82, 2.24) is 20.1 Å². The molecule has 0 aliphatic heterocycles. The maximum atomic E-state index is 13.3. The third kappa shape index (κ3) is 7.67. The van der Waals surface area contributed by atoms with Crippen molar-refractivity contribution in [2.24, 2.45) is 0 Å². The number of nitrogens with one attached hydrogen (secondary N) is 1. The van der Waals surface area contributed by atoms with Gasteiger partial charge in [-0.1, -0.05) is 30.3 Å². The number of alkyl halides is 3. The molecule has 1 aromatic heterocycles. The van der Waals surface area contributed by atoms with Crippen molar-refractivity contribution in [2.45, 2.75) is 25.8 Å². The summed E-state index contributed by atoms with van der Waals surface area (Å²) in [5.74, 6) is -0.516. The Hall–Kier alpha value is -3.24. The van der Waals surface area contributed by atoms with Crippen LogP contribution >= 0.6 is 0 Å². The SMILES string of the molecule is CN(C)CCNC(=O)c1coc(CN(Cc2ccc(F)cc2)Cc2cccc(C(F)(F)F)c2)n1. The monoisotopic (exact) mass is 478 g/mol. The number of hydrogen-bond acceptors (Lipinski definition) is 5. The van der Waals surface area contributed by atoms with Gasteiger partial charge in [0.05, 0.1) is 12.1 Å². The quantitative estimate of drug-likeness (QED) is 0.440. The highest BCUT2D eigenvalue weighted by atomic mass is 19.4. The van der Waals surface area contributed by atoms with Gasteiger partial charge in [-0.25, -0.2) is 9.37 Å². The first-order valence-corrected chi connectivity index (χ1v) is 10.6. The molecule has 0 aliphatic carbocycles. The minimum absolute atomic E-state index is 0.120. The van der Waals surface area contributed by atoms with E-state index in [-0.39, 0.29) is 36.4 Å². The highest BCUT2D eigenvalue weighted by Gasteiger charge is 2.30. The second-order valence-corrected chi connectivity index (χ2v) is 8.16. The van der Waals surface area contributed by atoms with Gasteiger partial charge in [-0.2, -0.15) is 13.2 Å². The van der Waals surface area contributed by atoms with Crippen molar-refractivity contribution < 1.29 is 26.8 Å². The zero-order chi connectivity index (χ0) is 24.7. The van der Waals surface area contributed by atoms with Crippen LogP contribution in [0, 0.1) is 5.82 Å². The fourth-order valence-electron chi connectivity index (χ4n) is 3.28. The molecule has 0 radical (unpaired) electrons. The smallest absolute Gasteiger partial charge is 0.416 e. The lowest BCUT2D eigenvalue weighted by Gasteiger charge is -2.21. The van der Waals surface area contributed by atoms with E-state index in [1.165, 1.54) is 24.5 Å². The number of hydrogen-bond donors (Lipinski definition) is 1. The van der Waals surface area contributed by atoms with Crippen molar-refractivity contribution in [3.8, 4) is 0 Å². The maximum Gasteiger partial charge on any atom is 0.416 e. The normalized spacial score (nSPS) is 11.9. The van der Waals surface area contributed by atoms with Crippen LogP contribution in [0.15, 0.2) is 59.2 Å². The molecular weight excluding hydrogens is 452 g/mol. The third-order valence-electron chi connectivity index (χ3n) is 4.97. The Labute approximate surface area is 195 Å². The van der Waals surface area contributed by atoms with Crippen LogP contribution in [0.25, 0.3) is 0 Å². The minimum Gasteiger partial charge on any atom is -0.447 e. The first kappa shape index (κ1) is 25.4. The summed E-state index contributed by atoms with van der Waals surface area (Å²) in [4.78, 5) is 20.2. The maximum absolute atomic E-state index is 13.3. The zero-order valence-corrected chi connectivity index (χ0v) is 18.9. The molecule has 2 aromatic carbocycles. The van der Waals surface area contributed by atoms with Crippen LogP contribution in [0.1, 0.15) is 33.1 Å². The van der Waals surface area contributed by atoms with E-state index in [0.29, 0.717) is 25.2 Å². The Balaban J connectivity index is 1.75. The number of aromatic nitrogens is 1. The molecule has 0 aliphatic rings. The standard InChI is InChI=1S/C24H26F4N4O2/c1-31(2)11-10-29-23(33)21-16-34-22(30-21)15-32(13-17-6-8-20(25)9-7-17)14-18-4-3-5-19(12-18)24(26,27)28/h3-9,12,16H,10-11,13-15H2,1-2H3,(H,29,33). The van der Waals surface area contributed by atoms with Crippen molar-refractivity contribution in [1.29, 1.82) is 0 Å². The summed E-state index contributed by atoms with van der Waals surface area (Å²) >= 11 is 0. The van der Waals surface area contributed by atoms with E-state index in [2.05, 4.69) is 10.3 Å². The molecule has 0 saturated carbocycles. The van der Waals surface area contributed by atoms with Gasteiger partial charge in [0.2, 0.25) is 5.89 Å². The number of benzene rings is 2. The van der Waals surface area contributed by atoms with E-state index in [1.54, 1.807) is 18.2 Å². The number of nitrogens with zero attached hydrogens (tertiary/aromatic N) is 3. The first-order chi connectivity index (χ1) is 16.1. The molecule has 1 amide bonds. The number of amides is 1. The van der Waals surface area contributed by atoms with E-state index in [1.807, 2.05) is 23.9 Å². The molecule has 0 unspecified atom stereocenters. The average Bonchev–Trinajstić information content (AvgIpc) is 3.23. The van der Waals surface area contributed by atoms with Crippen LogP contribution in [0.4, 0.5) is 17.6 Å². The van der Waals surface area contributed by atoms with Crippen molar-refractivity contribution in [3.63, 3.8) is 0 Å². The summed E-state index contributed by atoms with van der Waals surface area (Å²) < 4.78 is 58.2. The van der Waals surface area contributed by atoms with Gasteiger partial charge in [-0.15, -0.1) is 0 Å². The number of carbonyl (C=O) groups excluding carboxylic acids is 1. The fraction of sp³-hybridized carbons (Fsp3) is 0.333. The minimum atomic E-state index is -4.45. The molecule has 0 atom stereocenters. The molecule has 6 nitrogen and oxygen atoms in total. The number of oxazole rings is 1. The average molecular weight is 478 g/mol. The summed E-state index contributed by atoms with van der Waals surface area (Å²) in [6.45, 7) is 1.72. The zero-order valence-electron chi connectivity index (χ0n) is 18.9. The Morgan fingerprint density at radius 3 is 2.41 bits per heavy atom. The second kappa shape index (κ2) is 11.3. The molecule has 0 spiro atoms. The number of rotatable bonds is 10. The molecule has 10 heteroatoms. The molecule has 3 rings (SSSR count). The van der Waals surface area contributed by atoms with Crippen molar-refractivity contribution in [2.75, 3.05) is 27.2 Å². The van der Waals surface area contributed by atoms with E-state index >= 15 is 0 Å². The summed E-state index contributed by atoms with van der Waals surface area (Å²) in [5, 5.41) is 2.74. The highest BCUT2D eigenvalue weighted by Crippen LogP contribution is 2.30. The van der Waals surface area contributed by atoms with Crippen LogP contribution in [0.5, 0.6) is 0 Å². The van der Waals surface area contributed by atoms with Crippen LogP contribution < -0.4 is 5.32 Å². The Bertz CT molecular complexity index is 1080. The van der Waals surface area contributed by atoms with Gasteiger partial charge in [0.15, 0.2) is 5.69 Å². The van der Waals surface area contributed by atoms with Crippen LogP contribution in [-0.2, 0) is 25.8 Å². The third-order valence-corrected chi connectivity index (χ3v) is 4.97. The summed E-state index contributed by atoms with van der Waals surface area (Å²) in [7, 11) is 3.78. The molecule has 3 aromatic rings. The molecular formula is C24H26F4N4O2. The highest BCUT2D eigenvalue weighted by molar-refractivity contribution is 5.91. The molecule has 34 heavy (non-hydrogen) atoms. The van der Waals surface area contributed by atoms with E-state index in [4.69, 9.17) is 4.42 Å². The van der Waals surface area contributed by atoms with Crippen LogP contribution in [0.3, 0.4) is 0 Å². The Morgan fingerprint density at radius 1 is 1.03 bits per heavy atom. The number of halogens is 4. The van der Waals surface area contributed by atoms with Crippen LogP contribution in [-0.4, -0.2) is 47.9 Å². The predicted molar refractivity (Wildman–Crippen MR) is 118 cm³/mol. The predicted octanol–water partition coefficient (Wildman–Crippen LogP) is 4.33. The first-order valence-electron chi connectivity index (χ1n) is 10.6. The lowest BCUT2D eigenvalue weighted by atomic mass is 10.1. The van der Waals surface area contributed by atoms with Crippen molar-refractivity contribution >= 4 is 5.91 Å². The largest absolute Gasteiger partial charge is 0.447 e. The fourth-order valence-corrected chi connectivity index (χ4v) is 3.28. The molecule has 182 valence electrons. The number of likely N-dealkylation sites (N-methyl/N-ethyl adjacent to an activating group) is 1. The molecule has 0 saturated heterocycles. The lowest BCUT2D eigenvalue weighted by molar-refractivity contribution is -0.137. The second-order valence-electron chi connectivity index (χ2n) is 8.16. The molecule has 0 fully saturated rings. The lowest BCUT2D eigenvalue weighted by Crippen LogP contribution is -2.31. The van der Waals surface area contributed by atoms with Gasteiger partial charge >= 0.3 is 6.18 Å². The van der Waals surface area contributed by atoms with Gasteiger partial charge in [-0.3, -0.25) is 9.69 Å². The van der Waals surface area contributed by atoms with Gasteiger partial charge in [0, 0.05) is 26.2 Å². The summed E-state index contributed by atoms with van der Waals surface area (Å²) in [5.41, 5.74) is 0.598. The summed E-state index contributed by atoms with van der Waals surface area (Å²) in [6, 6.07) is 10.9. The van der Waals surface area contributed by atoms with E-state index in [9.17, 15) is 22.4 Å². The Morgan fingerprint density at radius 2 is 1.74 bits per heavy atom. The van der Waals surface area contributed by atoms with Gasteiger partial charge in [-0.05, 0) is 43.4 Å².